The lowest BCUT2D eigenvalue weighted by atomic mass is 10.1. The molecule has 0 aromatic rings. The zero-order valence-electron chi connectivity index (χ0n) is 22.0. The van der Waals surface area contributed by atoms with Crippen molar-refractivity contribution in [2.75, 3.05) is 0 Å². The van der Waals surface area contributed by atoms with Gasteiger partial charge in [0.15, 0.2) is 0 Å². The van der Waals surface area contributed by atoms with E-state index in [0.717, 1.165) is 12.8 Å². The molecule has 0 bridgehead atoms. The molecule has 0 atom stereocenters. The zero-order chi connectivity index (χ0) is 23.3. The van der Waals surface area contributed by atoms with E-state index in [4.69, 9.17) is 5.11 Å². The number of aliphatic carboxylic acids is 1. The minimum Gasteiger partial charge on any atom is -0.481 e. The summed E-state index contributed by atoms with van der Waals surface area (Å²) in [6, 6.07) is 0. The first-order chi connectivity index (χ1) is 15.2. The monoisotopic (exact) mass is 440 g/mol. The summed E-state index contributed by atoms with van der Waals surface area (Å²) in [4.78, 5) is 10.3. The Labute approximate surface area is 197 Å². The van der Waals surface area contributed by atoms with Gasteiger partial charge in [0.25, 0.3) is 0 Å². The Morgan fingerprint density at radius 3 is 0.774 bits per heavy atom. The van der Waals surface area contributed by atoms with Crippen LogP contribution in [0, 0.1) is 0 Å². The van der Waals surface area contributed by atoms with Crippen LogP contribution < -0.4 is 0 Å². The highest BCUT2D eigenvalue weighted by Gasteiger charge is 1.96. The molecule has 0 spiro atoms. The number of carboxylic acid groups (broad SMARTS) is 1. The van der Waals surface area contributed by atoms with Gasteiger partial charge in [0, 0.05) is 6.42 Å². The van der Waals surface area contributed by atoms with Crippen molar-refractivity contribution in [3.8, 4) is 0 Å². The Kier molecular flexibility index (Phi) is 33.3. The molecule has 2 nitrogen and oxygen atoms in total. The van der Waals surface area contributed by atoms with Crippen molar-refractivity contribution in [2.24, 2.45) is 0 Å². The van der Waals surface area contributed by atoms with Crippen LogP contribution in [0.2, 0.25) is 0 Å². The van der Waals surface area contributed by atoms with E-state index in [1.807, 2.05) is 0 Å². The van der Waals surface area contributed by atoms with Gasteiger partial charge in [0.05, 0.1) is 0 Å². The molecule has 0 aromatic carbocycles. The molecule has 0 amide bonds. The van der Waals surface area contributed by atoms with Gasteiger partial charge >= 0.3 is 5.97 Å². The van der Waals surface area contributed by atoms with E-state index >= 15 is 0 Å². The third-order valence-electron chi connectivity index (χ3n) is 6.20. The maximum absolute atomic E-state index is 10.3. The molecule has 1 N–H and O–H groups in total. The summed E-state index contributed by atoms with van der Waals surface area (Å²) in [7, 11) is 0. The number of unbranched alkanes of at least 4 members (excludes halogenated alkanes) is 22. The van der Waals surface area contributed by atoms with Crippen molar-refractivity contribution < 1.29 is 9.90 Å². The van der Waals surface area contributed by atoms with Crippen molar-refractivity contribution in [3.63, 3.8) is 0 Å². The second-order valence-corrected chi connectivity index (χ2v) is 9.57. The Morgan fingerprint density at radius 2 is 0.581 bits per heavy atom. The van der Waals surface area contributed by atoms with Gasteiger partial charge in [-0.2, -0.15) is 0 Å². The fourth-order valence-electron chi connectivity index (χ4n) is 4.03. The van der Waals surface area contributed by atoms with E-state index < -0.39 is 5.97 Å². The molecule has 31 heavy (non-hydrogen) atoms. The summed E-state index contributed by atoms with van der Waals surface area (Å²) >= 11 is 0. The Balaban J connectivity index is 0. The van der Waals surface area contributed by atoms with Gasteiger partial charge in [0.1, 0.15) is 0 Å². The summed E-state index contributed by atoms with van der Waals surface area (Å²) in [6.07, 6.45) is 33.3. The lowest BCUT2D eigenvalue weighted by Crippen LogP contribution is -1.93. The van der Waals surface area contributed by atoms with Crippen LogP contribution in [0.5, 0.6) is 0 Å². The molecule has 0 aliphatic carbocycles. The number of carbonyl (C=O) groups is 1. The molecule has 0 unspecified atom stereocenters. The number of hydrogen-bond acceptors (Lipinski definition) is 1. The lowest BCUT2D eigenvalue weighted by Gasteiger charge is -2.01. The Bertz CT molecular complexity index is 302. The molecule has 0 heterocycles. The van der Waals surface area contributed by atoms with Gasteiger partial charge in [0.2, 0.25) is 0 Å². The van der Waals surface area contributed by atoms with Crippen LogP contribution in [0.1, 0.15) is 181 Å². The standard InChI is InChI=1S/C15H32.C14H28O2/c1-3-5-7-9-11-13-15-14-12-10-8-6-4-2;1-2-3-4-5-6-7-8-9-10-11-12-13-14(15)16/h3-15H2,1-2H3;2-13H2,1H3,(H,15,16). The number of rotatable bonds is 24. The number of carboxylic acids is 1. The topological polar surface area (TPSA) is 37.3 Å². The maximum atomic E-state index is 10.3. The molecule has 2 heteroatoms. The molecule has 0 aliphatic rings. The van der Waals surface area contributed by atoms with Gasteiger partial charge in [-0.1, -0.05) is 168 Å². The van der Waals surface area contributed by atoms with Gasteiger partial charge in [-0.15, -0.1) is 0 Å². The van der Waals surface area contributed by atoms with Crippen LogP contribution in [-0.4, -0.2) is 11.1 Å². The fourth-order valence-corrected chi connectivity index (χ4v) is 4.03. The van der Waals surface area contributed by atoms with Crippen LogP contribution in [0.25, 0.3) is 0 Å². The van der Waals surface area contributed by atoms with Crippen molar-refractivity contribution in [1.29, 1.82) is 0 Å². The third-order valence-corrected chi connectivity index (χ3v) is 6.20. The molecule has 0 aliphatic heterocycles. The van der Waals surface area contributed by atoms with E-state index in [0.29, 0.717) is 6.42 Å². The Hall–Kier alpha value is -0.530. The quantitative estimate of drug-likeness (QED) is 0.151. The molecule has 0 radical (unpaired) electrons. The second-order valence-electron chi connectivity index (χ2n) is 9.57. The molecular formula is C29H60O2. The van der Waals surface area contributed by atoms with E-state index in [-0.39, 0.29) is 0 Å². The summed E-state index contributed by atoms with van der Waals surface area (Å²) in [5.41, 5.74) is 0. The van der Waals surface area contributed by atoms with Crippen LogP contribution in [0.4, 0.5) is 0 Å². The molecular weight excluding hydrogens is 380 g/mol. The first-order valence-corrected chi connectivity index (χ1v) is 14.4. The first-order valence-electron chi connectivity index (χ1n) is 14.4. The fraction of sp³-hybridized carbons (Fsp3) is 0.966. The zero-order valence-corrected chi connectivity index (χ0v) is 22.0. The molecule has 0 fully saturated rings. The third kappa shape index (κ3) is 37.1. The molecule has 0 rings (SSSR count). The van der Waals surface area contributed by atoms with Crippen molar-refractivity contribution in [1.82, 2.24) is 0 Å². The lowest BCUT2D eigenvalue weighted by molar-refractivity contribution is -0.137. The predicted octanol–water partition coefficient (Wildman–Crippen LogP) is 10.9. The van der Waals surface area contributed by atoms with Crippen LogP contribution in [0.15, 0.2) is 0 Å². The summed E-state index contributed by atoms with van der Waals surface area (Å²) in [6.45, 7) is 6.82. The largest absolute Gasteiger partial charge is 0.481 e. The average molecular weight is 441 g/mol. The van der Waals surface area contributed by atoms with Crippen LogP contribution in [-0.2, 0) is 4.79 Å². The molecule has 0 aromatic heterocycles. The normalized spacial score (nSPS) is 10.7. The van der Waals surface area contributed by atoms with E-state index in [1.54, 1.807) is 0 Å². The highest BCUT2D eigenvalue weighted by atomic mass is 16.4. The van der Waals surface area contributed by atoms with Crippen molar-refractivity contribution in [3.05, 3.63) is 0 Å². The number of hydrogen-bond donors (Lipinski definition) is 1. The van der Waals surface area contributed by atoms with E-state index in [2.05, 4.69) is 20.8 Å². The summed E-state index contributed by atoms with van der Waals surface area (Å²) < 4.78 is 0. The van der Waals surface area contributed by atoms with Crippen molar-refractivity contribution in [2.45, 2.75) is 181 Å². The first kappa shape index (κ1) is 32.6. The highest BCUT2D eigenvalue weighted by molar-refractivity contribution is 5.66. The molecule has 0 saturated heterocycles. The van der Waals surface area contributed by atoms with Gasteiger partial charge in [-0.05, 0) is 6.42 Å². The summed E-state index contributed by atoms with van der Waals surface area (Å²) in [5.74, 6) is -0.657. The molecule has 188 valence electrons. The maximum Gasteiger partial charge on any atom is 0.303 e. The van der Waals surface area contributed by atoms with Gasteiger partial charge < -0.3 is 5.11 Å². The van der Waals surface area contributed by atoms with Gasteiger partial charge in [-0.3, -0.25) is 4.79 Å². The van der Waals surface area contributed by atoms with Crippen LogP contribution in [0.3, 0.4) is 0 Å². The predicted molar refractivity (Wildman–Crippen MR) is 140 cm³/mol. The Morgan fingerprint density at radius 1 is 0.387 bits per heavy atom. The highest BCUT2D eigenvalue weighted by Crippen LogP contribution is 2.13. The SMILES string of the molecule is CCCCCCCCCCCCCC(=O)O.CCCCCCCCCCCCCCC. The smallest absolute Gasteiger partial charge is 0.303 e. The minimum atomic E-state index is -0.657. The summed E-state index contributed by atoms with van der Waals surface area (Å²) in [5, 5.41) is 8.46. The van der Waals surface area contributed by atoms with E-state index in [9.17, 15) is 4.79 Å². The second kappa shape index (κ2) is 31.7. The minimum absolute atomic E-state index is 0.344. The van der Waals surface area contributed by atoms with Gasteiger partial charge in [-0.25, -0.2) is 0 Å². The van der Waals surface area contributed by atoms with E-state index in [1.165, 1.54) is 141 Å². The van der Waals surface area contributed by atoms with Crippen molar-refractivity contribution >= 4 is 5.97 Å². The van der Waals surface area contributed by atoms with Crippen LogP contribution >= 0.6 is 0 Å². The average Bonchev–Trinajstić information content (AvgIpc) is 2.76. The molecule has 0 saturated carbocycles.